The summed E-state index contributed by atoms with van der Waals surface area (Å²) >= 11 is 0. The van der Waals surface area contributed by atoms with Gasteiger partial charge in [0.1, 0.15) is 6.04 Å². The van der Waals surface area contributed by atoms with Gasteiger partial charge in [-0.1, -0.05) is 0 Å². The number of carboxylic acid groups (broad SMARTS) is 1. The minimum atomic E-state index is -0.957. The summed E-state index contributed by atoms with van der Waals surface area (Å²) in [6, 6.07) is -0.713. The highest BCUT2D eigenvalue weighted by Crippen LogP contribution is 2.10. The third-order valence-electron chi connectivity index (χ3n) is 2.70. The van der Waals surface area contributed by atoms with Crippen LogP contribution in [0.25, 0.3) is 0 Å². The van der Waals surface area contributed by atoms with E-state index in [-0.39, 0.29) is 24.7 Å². The first-order chi connectivity index (χ1) is 7.90. The molecule has 2 N–H and O–H groups in total. The molecule has 0 radical (unpaired) electrons. The van der Waals surface area contributed by atoms with Crippen LogP contribution in [0, 0.1) is 0 Å². The maximum absolute atomic E-state index is 11.8. The molecule has 0 aromatic heterocycles. The molecule has 1 aliphatic heterocycles. The molecule has 6 heteroatoms. The number of carbonyl (C=O) groups excluding carboxylic acids is 1. The maximum atomic E-state index is 11.8. The predicted molar refractivity (Wildman–Crippen MR) is 61.7 cm³/mol. The van der Waals surface area contributed by atoms with Gasteiger partial charge in [-0.15, -0.1) is 0 Å². The Morgan fingerprint density at radius 2 is 1.94 bits per heavy atom. The van der Waals surface area contributed by atoms with Crippen LogP contribution in [-0.4, -0.2) is 59.8 Å². The molecule has 1 saturated heterocycles. The molecule has 0 aromatic carbocycles. The zero-order chi connectivity index (χ0) is 13.0. The molecular weight excluding hydrogens is 224 g/mol. The van der Waals surface area contributed by atoms with Crippen molar-refractivity contribution in [3.8, 4) is 0 Å². The minimum Gasteiger partial charge on any atom is -0.480 e. The van der Waals surface area contributed by atoms with E-state index in [1.54, 1.807) is 4.90 Å². The predicted octanol–water partition coefficient (Wildman–Crippen LogP) is -0.315. The van der Waals surface area contributed by atoms with Crippen molar-refractivity contribution < 1.29 is 19.4 Å². The Labute approximate surface area is 101 Å². The molecule has 1 fully saturated rings. The van der Waals surface area contributed by atoms with E-state index in [4.69, 9.17) is 9.84 Å². The minimum absolute atomic E-state index is 0.0274. The molecule has 0 aromatic rings. The number of nitrogens with one attached hydrogen (secondary N) is 1. The summed E-state index contributed by atoms with van der Waals surface area (Å²) in [5.74, 6) is -1.04. The topological polar surface area (TPSA) is 78.9 Å². The zero-order valence-electron chi connectivity index (χ0n) is 10.5. The molecule has 98 valence electrons. The van der Waals surface area contributed by atoms with Gasteiger partial charge in [0.2, 0.25) is 5.91 Å². The van der Waals surface area contributed by atoms with E-state index in [0.717, 1.165) is 0 Å². The molecule has 1 aliphatic rings. The van der Waals surface area contributed by atoms with Gasteiger partial charge in [0.15, 0.2) is 0 Å². The number of aliphatic carboxylic acids is 1. The summed E-state index contributed by atoms with van der Waals surface area (Å²) in [5, 5.41) is 11.4. The Bertz CT molecular complexity index is 285. The van der Waals surface area contributed by atoms with E-state index in [1.165, 1.54) is 6.92 Å². The van der Waals surface area contributed by atoms with Gasteiger partial charge in [0, 0.05) is 13.1 Å². The van der Waals surface area contributed by atoms with E-state index < -0.39 is 12.0 Å². The fourth-order valence-electron chi connectivity index (χ4n) is 1.82. The van der Waals surface area contributed by atoms with Gasteiger partial charge >= 0.3 is 5.97 Å². The number of hydrogen-bond acceptors (Lipinski definition) is 4. The van der Waals surface area contributed by atoms with E-state index in [9.17, 15) is 9.59 Å². The molecule has 1 rings (SSSR count). The van der Waals surface area contributed by atoms with Crippen molar-refractivity contribution in [3.05, 3.63) is 0 Å². The third-order valence-corrected chi connectivity index (χ3v) is 2.70. The van der Waals surface area contributed by atoms with Gasteiger partial charge in [-0.05, 0) is 20.8 Å². The summed E-state index contributed by atoms with van der Waals surface area (Å²) in [5.41, 5.74) is 0. The second-order valence-corrected chi connectivity index (χ2v) is 4.50. The van der Waals surface area contributed by atoms with Crippen LogP contribution in [0.5, 0.6) is 0 Å². The average Bonchev–Trinajstić information content (AvgIpc) is 2.23. The van der Waals surface area contributed by atoms with E-state index >= 15 is 0 Å². The summed E-state index contributed by atoms with van der Waals surface area (Å²) in [7, 11) is 0. The van der Waals surface area contributed by atoms with Gasteiger partial charge in [-0.3, -0.25) is 14.9 Å². The summed E-state index contributed by atoms with van der Waals surface area (Å²) in [6.45, 7) is 6.53. The van der Waals surface area contributed by atoms with Crippen LogP contribution in [0.3, 0.4) is 0 Å². The lowest BCUT2D eigenvalue weighted by atomic mass is 10.2. The monoisotopic (exact) mass is 244 g/mol. The number of ether oxygens (including phenoxy) is 1. The molecular formula is C11H20N2O4. The molecule has 0 bridgehead atoms. The zero-order valence-corrected chi connectivity index (χ0v) is 10.5. The Morgan fingerprint density at radius 1 is 1.41 bits per heavy atom. The number of nitrogens with zero attached hydrogens (tertiary/aromatic N) is 1. The molecule has 1 heterocycles. The van der Waals surface area contributed by atoms with Crippen LogP contribution in [0.4, 0.5) is 0 Å². The fraction of sp³-hybridized carbons (Fsp3) is 0.818. The second-order valence-electron chi connectivity index (χ2n) is 4.50. The first-order valence-corrected chi connectivity index (χ1v) is 5.79. The lowest BCUT2D eigenvalue weighted by Crippen LogP contribution is -2.51. The van der Waals surface area contributed by atoms with Crippen molar-refractivity contribution in [2.75, 3.05) is 19.6 Å². The second kappa shape index (κ2) is 5.97. The van der Waals surface area contributed by atoms with Crippen molar-refractivity contribution in [2.45, 2.75) is 39.0 Å². The highest BCUT2D eigenvalue weighted by molar-refractivity contribution is 5.80. The number of carboxylic acids is 1. The highest BCUT2D eigenvalue weighted by atomic mass is 16.5. The summed E-state index contributed by atoms with van der Waals surface area (Å²) < 4.78 is 5.52. The molecule has 17 heavy (non-hydrogen) atoms. The molecule has 3 atom stereocenters. The van der Waals surface area contributed by atoms with Gasteiger partial charge in [-0.25, -0.2) is 0 Å². The maximum Gasteiger partial charge on any atom is 0.320 e. The van der Waals surface area contributed by atoms with Crippen LogP contribution in [0.15, 0.2) is 0 Å². The normalized spacial score (nSPS) is 26.6. The summed E-state index contributed by atoms with van der Waals surface area (Å²) in [6.07, 6.45) is 0.0548. The van der Waals surface area contributed by atoms with Crippen molar-refractivity contribution in [2.24, 2.45) is 0 Å². The van der Waals surface area contributed by atoms with Crippen LogP contribution < -0.4 is 5.32 Å². The van der Waals surface area contributed by atoms with Gasteiger partial charge < -0.3 is 14.7 Å². The first kappa shape index (κ1) is 13.9. The van der Waals surface area contributed by atoms with E-state index in [1.807, 2.05) is 13.8 Å². The standard InChI is InChI=1S/C11H20N2O4/c1-7-5-13(6-8(2)17-7)10(14)4-12-9(3)11(15)16/h7-9,12H,4-6H2,1-3H3,(H,15,16). The van der Waals surface area contributed by atoms with Crippen molar-refractivity contribution in [1.29, 1.82) is 0 Å². The number of rotatable bonds is 4. The number of hydrogen-bond donors (Lipinski definition) is 2. The average molecular weight is 244 g/mol. The van der Waals surface area contributed by atoms with Crippen LogP contribution >= 0.6 is 0 Å². The van der Waals surface area contributed by atoms with Crippen LogP contribution in [0.1, 0.15) is 20.8 Å². The fourth-order valence-corrected chi connectivity index (χ4v) is 1.82. The first-order valence-electron chi connectivity index (χ1n) is 5.79. The van der Waals surface area contributed by atoms with Gasteiger partial charge in [-0.2, -0.15) is 0 Å². The van der Waals surface area contributed by atoms with Crippen molar-refractivity contribution in [1.82, 2.24) is 10.2 Å². The molecule has 0 spiro atoms. The van der Waals surface area contributed by atoms with E-state index in [2.05, 4.69) is 5.32 Å². The number of amides is 1. The van der Waals surface area contributed by atoms with Gasteiger partial charge in [0.25, 0.3) is 0 Å². The Balaban J connectivity index is 2.39. The molecule has 6 nitrogen and oxygen atoms in total. The molecule has 1 amide bonds. The molecule has 3 unspecified atom stereocenters. The van der Waals surface area contributed by atoms with Crippen molar-refractivity contribution >= 4 is 11.9 Å². The lowest BCUT2D eigenvalue weighted by molar-refractivity contribution is -0.143. The number of morpholine rings is 1. The Hall–Kier alpha value is -1.14. The third kappa shape index (κ3) is 4.32. The highest BCUT2D eigenvalue weighted by Gasteiger charge is 2.26. The Kier molecular flexibility index (Phi) is 4.89. The molecule has 0 aliphatic carbocycles. The number of carbonyl (C=O) groups is 2. The van der Waals surface area contributed by atoms with Crippen LogP contribution in [-0.2, 0) is 14.3 Å². The quantitative estimate of drug-likeness (QED) is 0.709. The largest absolute Gasteiger partial charge is 0.480 e. The van der Waals surface area contributed by atoms with Gasteiger partial charge in [0.05, 0.1) is 18.8 Å². The lowest BCUT2D eigenvalue weighted by Gasteiger charge is -2.35. The van der Waals surface area contributed by atoms with Crippen molar-refractivity contribution in [3.63, 3.8) is 0 Å². The van der Waals surface area contributed by atoms with E-state index in [0.29, 0.717) is 13.1 Å². The molecule has 0 saturated carbocycles. The summed E-state index contributed by atoms with van der Waals surface area (Å²) in [4.78, 5) is 24.1. The smallest absolute Gasteiger partial charge is 0.320 e. The SMILES string of the molecule is CC1CN(C(=O)CNC(C)C(=O)O)CC(C)O1. The van der Waals surface area contributed by atoms with Crippen LogP contribution in [0.2, 0.25) is 0 Å². The Morgan fingerprint density at radius 3 is 2.41 bits per heavy atom.